The molecule has 0 aliphatic carbocycles. The summed E-state index contributed by atoms with van der Waals surface area (Å²) in [6, 6.07) is 12.7. The summed E-state index contributed by atoms with van der Waals surface area (Å²) in [5.41, 5.74) is 0.946. The Morgan fingerprint density at radius 2 is 1.57 bits per heavy atom. The lowest BCUT2D eigenvalue weighted by Gasteiger charge is -2.35. The highest BCUT2D eigenvalue weighted by Gasteiger charge is 2.26. The van der Waals surface area contributed by atoms with Crippen LogP contribution in [0, 0.1) is 11.8 Å². The van der Waals surface area contributed by atoms with Crippen LogP contribution in [0.1, 0.15) is 30.6 Å². The van der Waals surface area contributed by atoms with Gasteiger partial charge in [-0.1, -0.05) is 13.8 Å². The number of nitrogens with one attached hydrogen (secondary N) is 1. The molecule has 2 aromatic rings. The molecule has 0 spiro atoms. The molecule has 7 heteroatoms. The van der Waals surface area contributed by atoms with Gasteiger partial charge < -0.3 is 9.64 Å². The summed E-state index contributed by atoms with van der Waals surface area (Å²) in [5, 5.41) is 0. The highest BCUT2D eigenvalue weighted by atomic mass is 32.2. The van der Waals surface area contributed by atoms with Crippen LogP contribution in [0.3, 0.4) is 0 Å². The standard InChI is InChI=1S/C21H26N2O4S/c1-15-12-16(2)14-23(13-15)21(24)17-4-10-20(11-5-17)28(25,26)22-18-6-8-19(27-3)9-7-18/h4-11,15-16,22H,12-14H2,1-3H3. The van der Waals surface area contributed by atoms with Crippen molar-refractivity contribution < 1.29 is 17.9 Å². The minimum absolute atomic E-state index is 0.0505. The van der Waals surface area contributed by atoms with Crippen molar-refractivity contribution >= 4 is 21.6 Å². The van der Waals surface area contributed by atoms with Crippen molar-refractivity contribution in [3.63, 3.8) is 0 Å². The topological polar surface area (TPSA) is 75.7 Å². The lowest BCUT2D eigenvalue weighted by molar-refractivity contribution is 0.0623. The first-order valence-corrected chi connectivity index (χ1v) is 10.8. The number of likely N-dealkylation sites (tertiary alicyclic amines) is 1. The summed E-state index contributed by atoms with van der Waals surface area (Å²) >= 11 is 0. The first kappa shape index (κ1) is 20.2. The maximum absolute atomic E-state index is 12.8. The van der Waals surface area contributed by atoms with E-state index in [1.165, 1.54) is 12.1 Å². The Labute approximate surface area is 166 Å². The monoisotopic (exact) mass is 402 g/mol. The average molecular weight is 403 g/mol. The number of hydrogen-bond donors (Lipinski definition) is 1. The summed E-state index contributed by atoms with van der Waals surface area (Å²) in [5.74, 6) is 1.54. The molecule has 1 aliphatic rings. The third-order valence-corrected chi connectivity index (χ3v) is 6.31. The number of carbonyl (C=O) groups is 1. The lowest BCUT2D eigenvalue weighted by atomic mass is 9.91. The van der Waals surface area contributed by atoms with E-state index < -0.39 is 10.0 Å². The number of rotatable bonds is 5. The van der Waals surface area contributed by atoms with E-state index in [9.17, 15) is 13.2 Å². The van der Waals surface area contributed by atoms with Crippen molar-refractivity contribution in [2.45, 2.75) is 25.2 Å². The Bertz CT molecular complexity index is 914. The maximum atomic E-state index is 12.8. The SMILES string of the molecule is COc1ccc(NS(=O)(=O)c2ccc(C(=O)N3CC(C)CC(C)C3)cc2)cc1. The third kappa shape index (κ3) is 4.65. The number of anilines is 1. The fourth-order valence-corrected chi connectivity index (χ4v) is 4.72. The number of sulfonamides is 1. The fourth-order valence-electron chi connectivity index (χ4n) is 3.66. The van der Waals surface area contributed by atoms with Gasteiger partial charge in [-0.05, 0) is 66.8 Å². The number of methoxy groups -OCH3 is 1. The van der Waals surface area contributed by atoms with Gasteiger partial charge in [-0.25, -0.2) is 8.42 Å². The molecule has 1 heterocycles. The minimum Gasteiger partial charge on any atom is -0.497 e. The molecule has 2 atom stereocenters. The van der Waals surface area contributed by atoms with Crippen molar-refractivity contribution in [1.82, 2.24) is 4.90 Å². The van der Waals surface area contributed by atoms with Crippen molar-refractivity contribution in [2.24, 2.45) is 11.8 Å². The van der Waals surface area contributed by atoms with Crippen LogP contribution in [0.5, 0.6) is 5.75 Å². The van der Waals surface area contributed by atoms with Gasteiger partial charge in [-0.2, -0.15) is 0 Å². The Kier molecular flexibility index (Phi) is 5.93. The van der Waals surface area contributed by atoms with E-state index in [0.29, 0.717) is 28.8 Å². The quantitative estimate of drug-likeness (QED) is 0.829. The molecule has 3 rings (SSSR count). The minimum atomic E-state index is -3.73. The lowest BCUT2D eigenvalue weighted by Crippen LogP contribution is -2.42. The molecule has 0 aromatic heterocycles. The zero-order chi connectivity index (χ0) is 20.3. The van der Waals surface area contributed by atoms with Crippen molar-refractivity contribution in [1.29, 1.82) is 0 Å². The molecular weight excluding hydrogens is 376 g/mol. The number of nitrogens with zero attached hydrogens (tertiary/aromatic N) is 1. The zero-order valence-corrected chi connectivity index (χ0v) is 17.2. The molecule has 2 unspecified atom stereocenters. The molecule has 0 saturated carbocycles. The van der Waals surface area contributed by atoms with E-state index in [4.69, 9.17) is 4.74 Å². The molecule has 1 fully saturated rings. The summed E-state index contributed by atoms with van der Waals surface area (Å²) < 4.78 is 32.8. The van der Waals surface area contributed by atoms with Gasteiger partial charge >= 0.3 is 0 Å². The highest BCUT2D eigenvalue weighted by molar-refractivity contribution is 7.92. The summed E-state index contributed by atoms with van der Waals surface area (Å²) in [7, 11) is -2.18. The number of carbonyl (C=O) groups excluding carboxylic acids is 1. The highest BCUT2D eigenvalue weighted by Crippen LogP contribution is 2.24. The number of ether oxygens (including phenoxy) is 1. The van der Waals surface area contributed by atoms with Gasteiger partial charge in [-0.3, -0.25) is 9.52 Å². The van der Waals surface area contributed by atoms with E-state index in [0.717, 1.165) is 19.5 Å². The molecule has 6 nitrogen and oxygen atoms in total. The smallest absolute Gasteiger partial charge is 0.261 e. The van der Waals surface area contributed by atoms with Crippen molar-refractivity contribution in [3.05, 3.63) is 54.1 Å². The third-order valence-electron chi connectivity index (χ3n) is 4.91. The molecule has 1 amide bonds. The second kappa shape index (κ2) is 8.22. The summed E-state index contributed by atoms with van der Waals surface area (Å²) in [6.45, 7) is 5.78. The second-order valence-corrected chi connectivity index (χ2v) is 9.20. The second-order valence-electron chi connectivity index (χ2n) is 7.51. The Balaban J connectivity index is 1.72. The molecule has 1 saturated heterocycles. The molecule has 0 radical (unpaired) electrons. The number of hydrogen-bond acceptors (Lipinski definition) is 4. The van der Waals surface area contributed by atoms with Crippen LogP contribution in [0.25, 0.3) is 0 Å². The van der Waals surface area contributed by atoms with Crippen LogP contribution in [0.15, 0.2) is 53.4 Å². The largest absolute Gasteiger partial charge is 0.497 e. The fraction of sp³-hybridized carbons (Fsp3) is 0.381. The van der Waals surface area contributed by atoms with E-state index in [1.54, 1.807) is 43.5 Å². The van der Waals surface area contributed by atoms with E-state index >= 15 is 0 Å². The molecular formula is C21H26N2O4S. The van der Waals surface area contributed by atoms with Gasteiger partial charge in [0.1, 0.15) is 5.75 Å². The first-order chi connectivity index (χ1) is 13.3. The Morgan fingerprint density at radius 1 is 1.00 bits per heavy atom. The normalized spacial score (nSPS) is 19.9. The van der Waals surface area contributed by atoms with Crippen molar-refractivity contribution in [2.75, 3.05) is 24.9 Å². The van der Waals surface area contributed by atoms with Gasteiger partial charge in [0, 0.05) is 24.3 Å². The summed E-state index contributed by atoms with van der Waals surface area (Å²) in [6.07, 6.45) is 1.12. The van der Waals surface area contributed by atoms with Gasteiger partial charge in [0.05, 0.1) is 12.0 Å². The maximum Gasteiger partial charge on any atom is 0.261 e. The van der Waals surface area contributed by atoms with Crippen LogP contribution in [0.2, 0.25) is 0 Å². The molecule has 1 N–H and O–H groups in total. The van der Waals surface area contributed by atoms with Crippen LogP contribution in [-0.2, 0) is 10.0 Å². The van der Waals surface area contributed by atoms with Crippen LogP contribution >= 0.6 is 0 Å². The molecule has 1 aliphatic heterocycles. The molecule has 150 valence electrons. The number of amides is 1. The first-order valence-electron chi connectivity index (χ1n) is 9.34. The van der Waals surface area contributed by atoms with Crippen LogP contribution in [-0.4, -0.2) is 39.4 Å². The van der Waals surface area contributed by atoms with E-state index in [-0.39, 0.29) is 10.8 Å². The van der Waals surface area contributed by atoms with Gasteiger partial charge in [-0.15, -0.1) is 0 Å². The van der Waals surface area contributed by atoms with E-state index in [2.05, 4.69) is 18.6 Å². The van der Waals surface area contributed by atoms with E-state index in [1.807, 2.05) is 4.90 Å². The summed E-state index contributed by atoms with van der Waals surface area (Å²) in [4.78, 5) is 14.7. The predicted molar refractivity (Wildman–Crippen MR) is 109 cm³/mol. The molecule has 0 bridgehead atoms. The number of benzene rings is 2. The zero-order valence-electron chi connectivity index (χ0n) is 16.4. The van der Waals surface area contributed by atoms with Crippen molar-refractivity contribution in [3.8, 4) is 5.75 Å². The van der Waals surface area contributed by atoms with Gasteiger partial charge in [0.25, 0.3) is 15.9 Å². The molecule has 2 aromatic carbocycles. The average Bonchev–Trinajstić information content (AvgIpc) is 2.67. The number of piperidine rings is 1. The molecule has 28 heavy (non-hydrogen) atoms. The Morgan fingerprint density at radius 3 is 2.11 bits per heavy atom. The van der Waals surface area contributed by atoms with Gasteiger partial charge in [0.2, 0.25) is 0 Å². The van der Waals surface area contributed by atoms with Crippen LogP contribution in [0.4, 0.5) is 5.69 Å². The Hall–Kier alpha value is -2.54. The van der Waals surface area contributed by atoms with Crippen LogP contribution < -0.4 is 9.46 Å². The van der Waals surface area contributed by atoms with Gasteiger partial charge in [0.15, 0.2) is 0 Å². The predicted octanol–water partition coefficient (Wildman–Crippen LogP) is 3.61.